The van der Waals surface area contributed by atoms with Crippen LogP contribution in [0.2, 0.25) is 10.0 Å². The molecule has 0 aliphatic rings. The minimum Gasteiger partial charge on any atom is -0.347 e. The normalized spacial score (nSPS) is 11.9. The maximum absolute atomic E-state index is 13.1. The second-order valence-electron chi connectivity index (χ2n) is 17.6. The van der Waals surface area contributed by atoms with Crippen LogP contribution in [0, 0.1) is 0 Å². The van der Waals surface area contributed by atoms with Crippen LogP contribution < -0.4 is 10.6 Å². The molecule has 0 atom stereocenters. The lowest BCUT2D eigenvalue weighted by Gasteiger charge is -2.25. The second-order valence-corrected chi connectivity index (χ2v) is 18.5. The van der Waals surface area contributed by atoms with Gasteiger partial charge in [0.1, 0.15) is 11.6 Å². The Labute approximate surface area is 360 Å². The van der Waals surface area contributed by atoms with Gasteiger partial charge in [0.25, 0.3) is 11.8 Å². The van der Waals surface area contributed by atoms with E-state index >= 15 is 0 Å². The first kappa shape index (κ1) is 44.9. The van der Waals surface area contributed by atoms with E-state index in [4.69, 9.17) is 23.2 Å². The average molecular weight is 834 g/mol. The molecule has 310 valence electrons. The number of hydrogen-bond donors (Lipinski definition) is 2. The second kappa shape index (κ2) is 18.4. The first-order chi connectivity index (χ1) is 27.7. The number of rotatable bonds is 11. The highest BCUT2D eigenvalue weighted by molar-refractivity contribution is 6.31. The van der Waals surface area contributed by atoms with Crippen LogP contribution in [0.3, 0.4) is 0 Å². The van der Waals surface area contributed by atoms with E-state index in [0.717, 1.165) is 58.1 Å². The summed E-state index contributed by atoms with van der Waals surface area (Å²) in [7, 11) is 0. The molecule has 2 amide bonds. The molecule has 2 aromatic heterocycles. The van der Waals surface area contributed by atoms with Gasteiger partial charge in [-0.2, -0.15) is 0 Å². The molecular weight excluding hydrogens is 775 g/mol. The van der Waals surface area contributed by atoms with Gasteiger partial charge < -0.3 is 19.8 Å². The highest BCUT2D eigenvalue weighted by Crippen LogP contribution is 2.31. The number of carbonyl (C=O) groups is 2. The standard InChI is InChI=1S/C25H30ClN3O.C24H28ClN3O/c1-7-25(5,6)28-22(30)19-14-18(17-8-10-20(26)11-9-17)15-21(16-19)29-13-12-27-23(29)24(2,3)4;1-6-24(4,5)27-23(29)19-13-18(17-7-9-20(25)10-8-17)14-21(15-19)28-12-11-26-22(28)16(2)3/h8-16H,7H2,1-6H3,(H,28,30);7-16H,6H2,1-5H3,(H,27,29). The van der Waals surface area contributed by atoms with Crippen molar-refractivity contribution in [3.05, 3.63) is 143 Å². The smallest absolute Gasteiger partial charge is 0.251 e. The molecule has 8 nitrogen and oxygen atoms in total. The summed E-state index contributed by atoms with van der Waals surface area (Å²) in [5.41, 5.74) is 6.30. The Kier molecular flexibility index (Phi) is 14.0. The number of nitrogens with one attached hydrogen (secondary N) is 2. The van der Waals surface area contributed by atoms with Crippen molar-refractivity contribution in [2.75, 3.05) is 0 Å². The number of imidazole rings is 2. The van der Waals surface area contributed by atoms with Gasteiger partial charge in [-0.25, -0.2) is 9.97 Å². The molecule has 0 bridgehead atoms. The third kappa shape index (κ3) is 11.5. The quantitative estimate of drug-likeness (QED) is 0.136. The summed E-state index contributed by atoms with van der Waals surface area (Å²) in [5.74, 6) is 1.99. The van der Waals surface area contributed by atoms with Crippen molar-refractivity contribution >= 4 is 35.0 Å². The van der Waals surface area contributed by atoms with Crippen LogP contribution in [0.15, 0.2) is 110 Å². The van der Waals surface area contributed by atoms with Crippen molar-refractivity contribution in [1.29, 1.82) is 0 Å². The van der Waals surface area contributed by atoms with Gasteiger partial charge in [0.15, 0.2) is 0 Å². The Morgan fingerprint density at radius 3 is 1.41 bits per heavy atom. The molecule has 0 unspecified atom stereocenters. The molecule has 6 aromatic rings. The predicted octanol–water partition coefficient (Wildman–Crippen LogP) is 12.6. The van der Waals surface area contributed by atoms with Crippen molar-refractivity contribution in [3.63, 3.8) is 0 Å². The third-order valence-corrected chi connectivity index (χ3v) is 10.9. The first-order valence-electron chi connectivity index (χ1n) is 20.2. The molecule has 0 aliphatic carbocycles. The molecule has 59 heavy (non-hydrogen) atoms. The number of nitrogens with zero attached hydrogens (tertiary/aromatic N) is 4. The van der Waals surface area contributed by atoms with Crippen LogP contribution in [0.25, 0.3) is 33.6 Å². The summed E-state index contributed by atoms with van der Waals surface area (Å²) in [5, 5.41) is 7.64. The van der Waals surface area contributed by atoms with Crippen LogP contribution in [-0.2, 0) is 5.41 Å². The Bertz CT molecular complexity index is 2380. The van der Waals surface area contributed by atoms with Crippen LogP contribution in [0.1, 0.15) is 127 Å². The molecular formula is C49H58Cl2N6O2. The van der Waals surface area contributed by atoms with Gasteiger partial charge in [-0.1, -0.05) is 95.9 Å². The SMILES string of the molecule is CCC(C)(C)NC(=O)c1cc(-c2ccc(Cl)cc2)cc(-n2ccnc2C(C)(C)C)c1.CCC(C)(C)NC(=O)c1cc(-c2ccc(Cl)cc2)cc(-n2ccnc2C(C)C)c1. The molecule has 0 fully saturated rings. The van der Waals surface area contributed by atoms with E-state index in [0.29, 0.717) is 21.2 Å². The number of amides is 2. The maximum Gasteiger partial charge on any atom is 0.251 e. The Morgan fingerprint density at radius 2 is 1.00 bits per heavy atom. The van der Waals surface area contributed by atoms with Crippen LogP contribution in [-0.4, -0.2) is 42.0 Å². The Morgan fingerprint density at radius 1 is 0.593 bits per heavy atom. The summed E-state index contributed by atoms with van der Waals surface area (Å²) in [4.78, 5) is 35.2. The summed E-state index contributed by atoms with van der Waals surface area (Å²) in [6.07, 6.45) is 9.17. The van der Waals surface area contributed by atoms with Gasteiger partial charge in [0.05, 0.1) is 0 Å². The highest BCUT2D eigenvalue weighted by Gasteiger charge is 2.24. The van der Waals surface area contributed by atoms with Gasteiger partial charge in [-0.3, -0.25) is 9.59 Å². The zero-order valence-electron chi connectivity index (χ0n) is 36.2. The molecule has 2 heterocycles. The monoisotopic (exact) mass is 832 g/mol. The molecule has 6 rings (SSSR count). The summed E-state index contributed by atoms with van der Waals surface area (Å²) >= 11 is 12.1. The van der Waals surface area contributed by atoms with E-state index in [1.54, 1.807) is 12.4 Å². The topological polar surface area (TPSA) is 93.8 Å². The van der Waals surface area contributed by atoms with Gasteiger partial charge in [-0.15, -0.1) is 0 Å². The zero-order valence-corrected chi connectivity index (χ0v) is 37.8. The fourth-order valence-electron chi connectivity index (χ4n) is 6.34. The van der Waals surface area contributed by atoms with E-state index in [1.807, 2.05) is 117 Å². The largest absolute Gasteiger partial charge is 0.347 e. The van der Waals surface area contributed by atoms with Crippen LogP contribution in [0.4, 0.5) is 0 Å². The molecule has 0 saturated carbocycles. The zero-order chi connectivity index (χ0) is 43.3. The van der Waals surface area contributed by atoms with Crippen LogP contribution in [0.5, 0.6) is 0 Å². The molecule has 0 spiro atoms. The lowest BCUT2D eigenvalue weighted by molar-refractivity contribution is 0.0902. The highest BCUT2D eigenvalue weighted by atomic mass is 35.5. The van der Waals surface area contributed by atoms with E-state index < -0.39 is 0 Å². The van der Waals surface area contributed by atoms with Crippen molar-refractivity contribution in [2.45, 2.75) is 111 Å². The fourth-order valence-corrected chi connectivity index (χ4v) is 6.60. The molecule has 0 saturated heterocycles. The third-order valence-electron chi connectivity index (χ3n) is 10.4. The molecule has 0 aliphatic heterocycles. The summed E-state index contributed by atoms with van der Waals surface area (Å²) in [6.45, 7) is 22.9. The van der Waals surface area contributed by atoms with E-state index in [2.05, 4.69) is 85.8 Å². The van der Waals surface area contributed by atoms with Crippen molar-refractivity contribution < 1.29 is 9.59 Å². The number of benzene rings is 4. The number of carbonyl (C=O) groups excluding carboxylic acids is 2. The molecule has 0 radical (unpaired) electrons. The van der Waals surface area contributed by atoms with E-state index in [-0.39, 0.29) is 34.2 Å². The van der Waals surface area contributed by atoms with Crippen molar-refractivity contribution in [3.8, 4) is 33.6 Å². The minimum atomic E-state index is -0.279. The number of aromatic nitrogens is 4. The van der Waals surface area contributed by atoms with Crippen molar-refractivity contribution in [2.24, 2.45) is 0 Å². The minimum absolute atomic E-state index is 0.0832. The fraction of sp³-hybridized carbons (Fsp3) is 0.347. The maximum atomic E-state index is 13.1. The number of halogens is 2. The average Bonchev–Trinajstić information content (AvgIpc) is 3.90. The Balaban J connectivity index is 0.000000224. The summed E-state index contributed by atoms with van der Waals surface area (Å²) < 4.78 is 4.10. The van der Waals surface area contributed by atoms with Crippen LogP contribution >= 0.6 is 23.2 Å². The predicted molar refractivity (Wildman–Crippen MR) is 244 cm³/mol. The summed E-state index contributed by atoms with van der Waals surface area (Å²) in [6, 6.07) is 27.2. The van der Waals surface area contributed by atoms with Crippen molar-refractivity contribution in [1.82, 2.24) is 29.7 Å². The van der Waals surface area contributed by atoms with E-state index in [1.165, 1.54) is 0 Å². The van der Waals surface area contributed by atoms with Gasteiger partial charge in [0, 0.05) is 79.7 Å². The first-order valence-corrected chi connectivity index (χ1v) is 21.0. The Hall–Kier alpha value is -5.18. The lowest BCUT2D eigenvalue weighted by atomic mass is 9.95. The lowest BCUT2D eigenvalue weighted by Crippen LogP contribution is -2.42. The number of hydrogen-bond acceptors (Lipinski definition) is 4. The molecule has 4 aromatic carbocycles. The molecule has 10 heteroatoms. The molecule has 2 N–H and O–H groups in total. The van der Waals surface area contributed by atoms with Gasteiger partial charge in [-0.05, 0) is 123 Å². The van der Waals surface area contributed by atoms with Gasteiger partial charge in [0.2, 0.25) is 0 Å². The van der Waals surface area contributed by atoms with Gasteiger partial charge >= 0.3 is 0 Å². The van der Waals surface area contributed by atoms with E-state index in [9.17, 15) is 9.59 Å².